The van der Waals surface area contributed by atoms with Crippen LogP contribution in [0.4, 0.5) is 5.95 Å². The molecular weight excluding hydrogens is 370 g/mol. The average Bonchev–Trinajstić information content (AvgIpc) is 3.40. The number of aromatic amines is 1. The van der Waals surface area contributed by atoms with E-state index in [0.717, 1.165) is 46.8 Å². The van der Waals surface area contributed by atoms with Crippen LogP contribution in [0, 0.1) is 20.8 Å². The van der Waals surface area contributed by atoms with Gasteiger partial charge < -0.3 is 9.88 Å². The van der Waals surface area contributed by atoms with Gasteiger partial charge in [0.1, 0.15) is 0 Å². The number of ketones is 1. The molecule has 6 nitrogen and oxygen atoms in total. The van der Waals surface area contributed by atoms with Crippen molar-refractivity contribution in [1.82, 2.24) is 19.7 Å². The quantitative estimate of drug-likeness (QED) is 0.503. The predicted octanol–water partition coefficient (Wildman–Crippen LogP) is 4.10. The summed E-state index contributed by atoms with van der Waals surface area (Å²) >= 11 is 1.45. The van der Waals surface area contributed by atoms with Crippen LogP contribution >= 0.6 is 11.8 Å². The molecule has 0 saturated carbocycles. The molecule has 0 aliphatic carbocycles. The molecule has 1 aliphatic heterocycles. The van der Waals surface area contributed by atoms with Gasteiger partial charge in [0.15, 0.2) is 10.9 Å². The van der Waals surface area contributed by atoms with Crippen molar-refractivity contribution in [2.45, 2.75) is 38.8 Å². The summed E-state index contributed by atoms with van der Waals surface area (Å²) in [6, 6.07) is 10.3. The summed E-state index contributed by atoms with van der Waals surface area (Å²) in [5, 5.41) is 9.65. The number of aryl methyl sites for hydroxylation is 3. The topological polar surface area (TPSA) is 66.8 Å². The Kier molecular flexibility index (Phi) is 5.26. The Morgan fingerprint density at radius 2 is 1.82 bits per heavy atom. The first-order valence-electron chi connectivity index (χ1n) is 9.62. The summed E-state index contributed by atoms with van der Waals surface area (Å²) in [6.07, 6.45) is 2.35. The summed E-state index contributed by atoms with van der Waals surface area (Å²) in [4.78, 5) is 18.2. The maximum absolute atomic E-state index is 12.7. The highest BCUT2D eigenvalue weighted by Gasteiger charge is 2.23. The molecule has 1 fully saturated rings. The second-order valence-corrected chi connectivity index (χ2v) is 8.29. The van der Waals surface area contributed by atoms with Gasteiger partial charge in [-0.2, -0.15) is 0 Å². The number of nitrogens with one attached hydrogen (secondary N) is 1. The van der Waals surface area contributed by atoms with Crippen molar-refractivity contribution in [1.29, 1.82) is 0 Å². The van der Waals surface area contributed by atoms with Crippen LogP contribution in [0.1, 0.15) is 40.2 Å². The lowest BCUT2D eigenvalue weighted by Crippen LogP contribution is -2.22. The van der Waals surface area contributed by atoms with Gasteiger partial charge >= 0.3 is 0 Å². The first kappa shape index (κ1) is 18.8. The van der Waals surface area contributed by atoms with E-state index in [1.807, 2.05) is 19.9 Å². The van der Waals surface area contributed by atoms with E-state index in [1.54, 1.807) is 0 Å². The molecule has 0 amide bonds. The SMILES string of the molecule is Cc1ccc(-n2c(SCC(=O)c3cc(C)[nH]c3C)nnc2N2CCCC2)cc1. The number of carbonyl (C=O) groups excluding carboxylic acids is 1. The first-order chi connectivity index (χ1) is 13.5. The van der Waals surface area contributed by atoms with Crippen LogP contribution in [0.2, 0.25) is 0 Å². The smallest absolute Gasteiger partial charge is 0.232 e. The van der Waals surface area contributed by atoms with E-state index in [9.17, 15) is 4.79 Å². The molecule has 1 aromatic carbocycles. The molecule has 1 saturated heterocycles. The second-order valence-electron chi connectivity index (χ2n) is 7.35. The molecule has 0 unspecified atom stereocenters. The number of Topliss-reactive ketones (excluding diaryl/α,β-unsaturated/α-hetero) is 1. The lowest BCUT2D eigenvalue weighted by Gasteiger charge is -2.18. The van der Waals surface area contributed by atoms with Crippen molar-refractivity contribution < 1.29 is 4.79 Å². The Morgan fingerprint density at radius 1 is 1.11 bits per heavy atom. The summed E-state index contributed by atoms with van der Waals surface area (Å²) in [5.74, 6) is 1.31. The summed E-state index contributed by atoms with van der Waals surface area (Å²) in [5.41, 5.74) is 4.92. The fourth-order valence-corrected chi connectivity index (χ4v) is 4.45. The van der Waals surface area contributed by atoms with Crippen LogP contribution in [-0.2, 0) is 0 Å². The van der Waals surface area contributed by atoms with Crippen molar-refractivity contribution in [3.8, 4) is 5.69 Å². The van der Waals surface area contributed by atoms with Crippen molar-refractivity contribution in [3.63, 3.8) is 0 Å². The van der Waals surface area contributed by atoms with E-state index in [1.165, 1.54) is 30.2 Å². The molecule has 28 heavy (non-hydrogen) atoms. The predicted molar refractivity (Wildman–Crippen MR) is 113 cm³/mol. The Hall–Kier alpha value is -2.54. The summed E-state index contributed by atoms with van der Waals surface area (Å²) in [6.45, 7) is 7.97. The lowest BCUT2D eigenvalue weighted by atomic mass is 10.2. The van der Waals surface area contributed by atoms with E-state index in [4.69, 9.17) is 0 Å². The van der Waals surface area contributed by atoms with Crippen LogP contribution < -0.4 is 4.90 Å². The zero-order valence-corrected chi connectivity index (χ0v) is 17.3. The minimum atomic E-state index is 0.105. The van der Waals surface area contributed by atoms with Crippen LogP contribution in [0.3, 0.4) is 0 Å². The van der Waals surface area contributed by atoms with E-state index < -0.39 is 0 Å². The molecule has 0 atom stereocenters. The third kappa shape index (κ3) is 3.71. The number of hydrogen-bond donors (Lipinski definition) is 1. The van der Waals surface area contributed by atoms with Gasteiger partial charge in [0, 0.05) is 30.0 Å². The standard InChI is InChI=1S/C21H25N5OS/c1-14-6-8-17(9-7-14)26-20(25-10-4-5-11-25)23-24-21(26)28-13-19(27)18-12-15(2)22-16(18)3/h6-9,12,22H,4-5,10-11,13H2,1-3H3. The van der Waals surface area contributed by atoms with Gasteiger partial charge in [-0.15, -0.1) is 10.2 Å². The van der Waals surface area contributed by atoms with Crippen LogP contribution in [-0.4, -0.2) is 44.4 Å². The largest absolute Gasteiger partial charge is 0.362 e. The summed E-state index contributed by atoms with van der Waals surface area (Å²) < 4.78 is 2.08. The Balaban J connectivity index is 1.62. The third-order valence-corrected chi connectivity index (χ3v) is 6.01. The molecule has 0 bridgehead atoms. The number of H-pyrrole nitrogens is 1. The fourth-order valence-electron chi connectivity index (χ4n) is 3.62. The van der Waals surface area contributed by atoms with Crippen LogP contribution in [0.5, 0.6) is 0 Å². The Bertz CT molecular complexity index is 983. The minimum Gasteiger partial charge on any atom is -0.362 e. The van der Waals surface area contributed by atoms with Crippen molar-refractivity contribution in [2.24, 2.45) is 0 Å². The molecule has 2 aromatic heterocycles. The monoisotopic (exact) mass is 395 g/mol. The van der Waals surface area contributed by atoms with Gasteiger partial charge in [0.05, 0.1) is 11.4 Å². The van der Waals surface area contributed by atoms with Gasteiger partial charge in [-0.3, -0.25) is 9.36 Å². The fraction of sp³-hybridized carbons (Fsp3) is 0.381. The van der Waals surface area contributed by atoms with Crippen molar-refractivity contribution in [2.75, 3.05) is 23.7 Å². The van der Waals surface area contributed by atoms with Gasteiger partial charge in [-0.25, -0.2) is 0 Å². The van der Waals surface area contributed by atoms with E-state index in [2.05, 4.69) is 55.8 Å². The Labute approximate surface area is 169 Å². The number of carbonyl (C=O) groups is 1. The van der Waals surface area contributed by atoms with Gasteiger partial charge in [0.2, 0.25) is 5.95 Å². The highest BCUT2D eigenvalue weighted by molar-refractivity contribution is 7.99. The molecule has 0 radical (unpaired) electrons. The summed E-state index contributed by atoms with van der Waals surface area (Å²) in [7, 11) is 0. The maximum atomic E-state index is 12.7. The minimum absolute atomic E-state index is 0.105. The van der Waals surface area contributed by atoms with Gasteiger partial charge in [-0.1, -0.05) is 29.5 Å². The van der Waals surface area contributed by atoms with E-state index >= 15 is 0 Å². The second kappa shape index (κ2) is 7.83. The molecular formula is C21H25N5OS. The van der Waals surface area contributed by atoms with E-state index in [-0.39, 0.29) is 5.78 Å². The first-order valence-corrected chi connectivity index (χ1v) is 10.6. The number of benzene rings is 1. The highest BCUT2D eigenvalue weighted by Crippen LogP contribution is 2.29. The third-order valence-electron chi connectivity index (χ3n) is 5.08. The zero-order valence-electron chi connectivity index (χ0n) is 16.5. The number of hydrogen-bond acceptors (Lipinski definition) is 5. The normalized spacial score (nSPS) is 14.0. The number of nitrogens with zero attached hydrogens (tertiary/aromatic N) is 4. The Morgan fingerprint density at radius 3 is 2.46 bits per heavy atom. The number of thioether (sulfide) groups is 1. The van der Waals surface area contributed by atoms with Crippen LogP contribution in [0.25, 0.3) is 5.69 Å². The number of aromatic nitrogens is 4. The molecule has 3 heterocycles. The molecule has 7 heteroatoms. The maximum Gasteiger partial charge on any atom is 0.232 e. The number of anilines is 1. The molecule has 146 valence electrons. The van der Waals surface area contributed by atoms with Crippen LogP contribution in [0.15, 0.2) is 35.5 Å². The zero-order chi connectivity index (χ0) is 19.7. The molecule has 3 aromatic rings. The molecule has 0 spiro atoms. The van der Waals surface area contributed by atoms with Gasteiger partial charge in [0.25, 0.3) is 0 Å². The van der Waals surface area contributed by atoms with Gasteiger partial charge in [-0.05, 0) is 51.8 Å². The van der Waals surface area contributed by atoms with Crippen molar-refractivity contribution in [3.05, 3.63) is 52.8 Å². The molecule has 4 rings (SSSR count). The average molecular weight is 396 g/mol. The highest BCUT2D eigenvalue weighted by atomic mass is 32.2. The molecule has 1 N–H and O–H groups in total. The number of rotatable bonds is 6. The van der Waals surface area contributed by atoms with Crippen molar-refractivity contribution >= 4 is 23.5 Å². The lowest BCUT2D eigenvalue weighted by molar-refractivity contribution is 0.102. The van der Waals surface area contributed by atoms with E-state index in [0.29, 0.717) is 5.75 Å². The molecule has 1 aliphatic rings.